The van der Waals surface area contributed by atoms with Gasteiger partial charge in [0, 0.05) is 21.8 Å². The van der Waals surface area contributed by atoms with Gasteiger partial charge in [0.05, 0.1) is 17.9 Å². The molecule has 5 nitrogen and oxygen atoms in total. The van der Waals surface area contributed by atoms with E-state index in [2.05, 4.69) is 10.6 Å². The Kier molecular flexibility index (Phi) is 7.65. The van der Waals surface area contributed by atoms with Crippen molar-refractivity contribution in [2.75, 3.05) is 17.7 Å². The molecule has 0 aliphatic heterocycles. The second-order valence-corrected chi connectivity index (χ2v) is 8.45. The van der Waals surface area contributed by atoms with Gasteiger partial charge in [0.15, 0.2) is 0 Å². The van der Waals surface area contributed by atoms with Crippen LogP contribution in [0.1, 0.15) is 22.8 Å². The van der Waals surface area contributed by atoms with Crippen LogP contribution in [0.3, 0.4) is 0 Å². The van der Waals surface area contributed by atoms with Crippen molar-refractivity contribution < 1.29 is 27.5 Å². The van der Waals surface area contributed by atoms with Gasteiger partial charge in [-0.1, -0.05) is 12.1 Å². The molecule has 0 spiro atoms. The van der Waals surface area contributed by atoms with Crippen LogP contribution < -0.4 is 15.4 Å². The van der Waals surface area contributed by atoms with Crippen molar-refractivity contribution in [1.29, 1.82) is 0 Å². The molecule has 33 heavy (non-hydrogen) atoms. The number of anilines is 2. The molecular weight excluding hydrogens is 453 g/mol. The number of benzene rings is 3. The zero-order chi connectivity index (χ0) is 24.0. The molecule has 3 aromatic carbocycles. The first-order chi connectivity index (χ1) is 15.7. The van der Waals surface area contributed by atoms with Crippen LogP contribution in [-0.4, -0.2) is 24.2 Å². The summed E-state index contributed by atoms with van der Waals surface area (Å²) in [4.78, 5) is 25.6. The summed E-state index contributed by atoms with van der Waals surface area (Å²) in [6.07, 6.45) is -4.48. The van der Waals surface area contributed by atoms with Gasteiger partial charge in [-0.2, -0.15) is 13.2 Å². The molecule has 0 aromatic heterocycles. The number of nitrogens with one attached hydrogen (secondary N) is 2. The summed E-state index contributed by atoms with van der Waals surface area (Å²) in [5.41, 5.74) is 0.283. The van der Waals surface area contributed by atoms with E-state index in [-0.39, 0.29) is 11.6 Å². The lowest BCUT2D eigenvalue weighted by Crippen LogP contribution is -2.22. The minimum absolute atomic E-state index is 0.0814. The van der Waals surface area contributed by atoms with E-state index in [9.17, 15) is 22.8 Å². The van der Waals surface area contributed by atoms with Gasteiger partial charge in [-0.3, -0.25) is 9.59 Å². The fourth-order valence-electron chi connectivity index (χ4n) is 2.86. The number of thioether (sulfide) groups is 1. The van der Waals surface area contributed by atoms with Crippen molar-refractivity contribution in [3.05, 3.63) is 83.9 Å². The van der Waals surface area contributed by atoms with Crippen molar-refractivity contribution in [3.63, 3.8) is 0 Å². The molecule has 0 aliphatic rings. The predicted octanol–water partition coefficient (Wildman–Crippen LogP) is 6.09. The highest BCUT2D eigenvalue weighted by atomic mass is 32.2. The Labute approximate surface area is 193 Å². The Hall–Kier alpha value is -3.46. The van der Waals surface area contributed by atoms with Crippen molar-refractivity contribution >= 4 is 35.0 Å². The van der Waals surface area contributed by atoms with Crippen LogP contribution in [0.5, 0.6) is 5.75 Å². The summed E-state index contributed by atoms with van der Waals surface area (Å²) in [5, 5.41) is 4.74. The molecule has 0 heterocycles. The van der Waals surface area contributed by atoms with Crippen LogP contribution >= 0.6 is 11.8 Å². The molecule has 2 amide bonds. The fraction of sp³-hybridized carbons (Fsp3) is 0.167. The van der Waals surface area contributed by atoms with Gasteiger partial charge in [-0.25, -0.2) is 0 Å². The number of alkyl halides is 3. The number of carbonyl (C=O) groups is 2. The lowest BCUT2D eigenvalue weighted by atomic mass is 10.2. The molecule has 0 saturated heterocycles. The summed E-state index contributed by atoms with van der Waals surface area (Å²) in [6, 6.07) is 18.2. The number of halogens is 3. The minimum Gasteiger partial charge on any atom is -0.497 e. The standard InChI is InChI=1S/C24H21F3N2O3S/c1-15(22(30)29-19-7-4-6-17(14-19)24(25,26)27)33-21-11-9-18(10-12-21)28-23(31)16-5-3-8-20(13-16)32-2/h3-15H,1-2H3,(H,28,31)(H,29,30). The zero-order valence-electron chi connectivity index (χ0n) is 17.8. The second-order valence-electron chi connectivity index (χ2n) is 7.04. The van der Waals surface area contributed by atoms with Gasteiger partial charge in [0.25, 0.3) is 5.91 Å². The third-order valence-corrected chi connectivity index (χ3v) is 5.70. The molecule has 3 rings (SSSR count). The number of carbonyl (C=O) groups excluding carboxylic acids is 2. The summed E-state index contributed by atoms with van der Waals surface area (Å²) in [6.45, 7) is 1.66. The van der Waals surface area contributed by atoms with E-state index in [1.807, 2.05) is 0 Å². The van der Waals surface area contributed by atoms with Gasteiger partial charge in [0.1, 0.15) is 5.75 Å². The van der Waals surface area contributed by atoms with E-state index in [0.717, 1.165) is 17.0 Å². The fourth-order valence-corrected chi connectivity index (χ4v) is 3.73. The molecule has 0 saturated carbocycles. The maximum Gasteiger partial charge on any atom is 0.416 e. The van der Waals surface area contributed by atoms with E-state index in [1.165, 1.54) is 31.0 Å². The Morgan fingerprint density at radius 3 is 2.27 bits per heavy atom. The first kappa shape index (κ1) is 24.2. The van der Waals surface area contributed by atoms with Crippen molar-refractivity contribution in [1.82, 2.24) is 0 Å². The number of rotatable bonds is 7. The monoisotopic (exact) mass is 474 g/mol. The molecule has 172 valence electrons. The maximum absolute atomic E-state index is 12.8. The van der Waals surface area contributed by atoms with Gasteiger partial charge in [-0.15, -0.1) is 11.8 Å². The first-order valence-corrected chi connectivity index (χ1v) is 10.7. The molecule has 1 unspecified atom stereocenters. The number of hydrogen-bond donors (Lipinski definition) is 2. The Morgan fingerprint density at radius 1 is 0.909 bits per heavy atom. The highest BCUT2D eigenvalue weighted by Gasteiger charge is 2.30. The van der Waals surface area contributed by atoms with Crippen LogP contribution in [-0.2, 0) is 11.0 Å². The largest absolute Gasteiger partial charge is 0.497 e. The summed E-state index contributed by atoms with van der Waals surface area (Å²) in [7, 11) is 1.52. The Bertz CT molecular complexity index is 1130. The summed E-state index contributed by atoms with van der Waals surface area (Å²) < 4.78 is 43.7. The highest BCUT2D eigenvalue weighted by molar-refractivity contribution is 8.00. The predicted molar refractivity (Wildman–Crippen MR) is 123 cm³/mol. The average Bonchev–Trinajstić information content (AvgIpc) is 2.80. The van der Waals surface area contributed by atoms with Crippen molar-refractivity contribution in [2.45, 2.75) is 23.2 Å². The molecular formula is C24H21F3N2O3S. The van der Waals surface area contributed by atoms with Crippen molar-refractivity contribution in [3.8, 4) is 5.75 Å². The van der Waals surface area contributed by atoms with Crippen LogP contribution in [0.2, 0.25) is 0 Å². The molecule has 9 heteroatoms. The van der Waals surface area contributed by atoms with Crippen molar-refractivity contribution in [2.24, 2.45) is 0 Å². The van der Waals surface area contributed by atoms with Crippen LogP contribution in [0.25, 0.3) is 0 Å². The van der Waals surface area contributed by atoms with E-state index in [1.54, 1.807) is 55.5 Å². The molecule has 0 bridgehead atoms. The zero-order valence-corrected chi connectivity index (χ0v) is 18.6. The molecule has 3 aromatic rings. The summed E-state index contributed by atoms with van der Waals surface area (Å²) in [5.74, 6) is -0.135. The number of amides is 2. The van der Waals surface area contributed by atoms with E-state index in [4.69, 9.17) is 4.74 Å². The number of hydrogen-bond acceptors (Lipinski definition) is 4. The summed E-state index contributed by atoms with van der Waals surface area (Å²) >= 11 is 1.25. The van der Waals surface area contributed by atoms with Gasteiger partial charge >= 0.3 is 6.18 Å². The van der Waals surface area contributed by atoms with Gasteiger partial charge < -0.3 is 15.4 Å². The smallest absolute Gasteiger partial charge is 0.416 e. The third-order valence-electron chi connectivity index (χ3n) is 4.58. The molecule has 2 N–H and O–H groups in total. The normalized spacial score (nSPS) is 12.0. The van der Waals surface area contributed by atoms with Crippen LogP contribution in [0.15, 0.2) is 77.7 Å². The molecule has 1 atom stereocenters. The Morgan fingerprint density at radius 2 is 1.61 bits per heavy atom. The molecule has 0 fully saturated rings. The lowest BCUT2D eigenvalue weighted by Gasteiger charge is -2.14. The van der Waals surface area contributed by atoms with E-state index in [0.29, 0.717) is 17.0 Å². The van der Waals surface area contributed by atoms with E-state index < -0.39 is 22.9 Å². The topological polar surface area (TPSA) is 67.4 Å². The quantitative estimate of drug-likeness (QED) is 0.407. The number of methoxy groups -OCH3 is 1. The second kappa shape index (κ2) is 10.4. The average molecular weight is 475 g/mol. The SMILES string of the molecule is COc1cccc(C(=O)Nc2ccc(SC(C)C(=O)Nc3cccc(C(F)(F)F)c3)cc2)c1. The number of ether oxygens (including phenoxy) is 1. The van der Waals surface area contributed by atoms with Crippen LogP contribution in [0.4, 0.5) is 24.5 Å². The van der Waals surface area contributed by atoms with Gasteiger partial charge in [-0.05, 0) is 67.6 Å². The third kappa shape index (κ3) is 6.76. The van der Waals surface area contributed by atoms with E-state index >= 15 is 0 Å². The molecule has 0 radical (unpaired) electrons. The molecule has 0 aliphatic carbocycles. The Balaban J connectivity index is 1.57. The van der Waals surface area contributed by atoms with Gasteiger partial charge in [0.2, 0.25) is 5.91 Å². The maximum atomic E-state index is 12.8. The van der Waals surface area contributed by atoms with Crippen LogP contribution in [0, 0.1) is 0 Å². The first-order valence-electron chi connectivity index (χ1n) is 9.86. The lowest BCUT2D eigenvalue weighted by molar-refractivity contribution is -0.137. The minimum atomic E-state index is -4.48. The highest BCUT2D eigenvalue weighted by Crippen LogP contribution is 2.31.